The van der Waals surface area contributed by atoms with E-state index in [2.05, 4.69) is 4.98 Å². The van der Waals surface area contributed by atoms with Crippen LogP contribution in [0, 0.1) is 0 Å². The van der Waals surface area contributed by atoms with Crippen molar-refractivity contribution < 1.29 is 4.74 Å². The quantitative estimate of drug-likeness (QED) is 0.771. The molecule has 0 saturated carbocycles. The van der Waals surface area contributed by atoms with Gasteiger partial charge in [0.15, 0.2) is 0 Å². The number of alkyl halides is 1. The summed E-state index contributed by atoms with van der Waals surface area (Å²) in [5, 5.41) is 3.64. The molecule has 1 aromatic carbocycles. The Kier molecular flexibility index (Phi) is 4.66. The Balaban J connectivity index is 1.85. The molecule has 2 rings (SSSR count). The number of rotatable bonds is 5. The van der Waals surface area contributed by atoms with E-state index in [9.17, 15) is 0 Å². The topological polar surface area (TPSA) is 22.1 Å². The van der Waals surface area contributed by atoms with Gasteiger partial charge in [0.2, 0.25) is 0 Å². The maximum atomic E-state index is 5.98. The van der Waals surface area contributed by atoms with Crippen molar-refractivity contribution >= 4 is 34.5 Å². The van der Waals surface area contributed by atoms with E-state index in [1.54, 1.807) is 11.3 Å². The zero-order chi connectivity index (χ0) is 12.1. The summed E-state index contributed by atoms with van der Waals surface area (Å²) < 4.78 is 5.59. The average molecular weight is 288 g/mol. The first-order valence-electron chi connectivity index (χ1n) is 5.16. The molecule has 90 valence electrons. The van der Waals surface area contributed by atoms with Gasteiger partial charge in [0.1, 0.15) is 5.75 Å². The molecule has 0 unspecified atom stereocenters. The van der Waals surface area contributed by atoms with Crippen molar-refractivity contribution in [2.75, 3.05) is 6.61 Å². The van der Waals surface area contributed by atoms with Crippen LogP contribution in [-0.4, -0.2) is 11.6 Å². The number of halogens is 2. The van der Waals surface area contributed by atoms with Crippen LogP contribution in [-0.2, 0) is 12.3 Å². The first kappa shape index (κ1) is 12.7. The summed E-state index contributed by atoms with van der Waals surface area (Å²) in [6.45, 7) is 0.568. The van der Waals surface area contributed by atoms with Crippen molar-refractivity contribution in [1.82, 2.24) is 4.98 Å². The third-order valence-corrected chi connectivity index (χ3v) is 3.69. The molecule has 0 atom stereocenters. The molecule has 0 aliphatic heterocycles. The molecule has 0 radical (unpaired) electrons. The molecule has 1 aromatic heterocycles. The highest BCUT2D eigenvalue weighted by Crippen LogP contribution is 2.23. The summed E-state index contributed by atoms with van der Waals surface area (Å²) in [6, 6.07) is 7.44. The molecule has 0 N–H and O–H groups in total. The van der Waals surface area contributed by atoms with Gasteiger partial charge in [0, 0.05) is 11.8 Å². The number of thiazole rings is 1. The van der Waals surface area contributed by atoms with E-state index >= 15 is 0 Å². The minimum absolute atomic E-state index is 0.460. The summed E-state index contributed by atoms with van der Waals surface area (Å²) in [4.78, 5) is 4.36. The van der Waals surface area contributed by atoms with Gasteiger partial charge in [-0.15, -0.1) is 22.9 Å². The molecule has 0 spiro atoms. The van der Waals surface area contributed by atoms with Crippen molar-refractivity contribution in [3.8, 4) is 5.75 Å². The summed E-state index contributed by atoms with van der Waals surface area (Å²) in [6.07, 6.45) is 0.771. The number of aromatic nitrogens is 1. The van der Waals surface area contributed by atoms with Gasteiger partial charge in [-0.3, -0.25) is 0 Å². The van der Waals surface area contributed by atoms with Crippen molar-refractivity contribution in [2.45, 2.75) is 12.3 Å². The number of hydrogen-bond acceptors (Lipinski definition) is 3. The molecule has 0 amide bonds. The van der Waals surface area contributed by atoms with Gasteiger partial charge >= 0.3 is 0 Å². The Morgan fingerprint density at radius 1 is 1.29 bits per heavy atom. The molecular weight excluding hydrogens is 277 g/mol. The fourth-order valence-corrected chi connectivity index (χ4v) is 2.53. The third-order valence-electron chi connectivity index (χ3n) is 2.15. The summed E-state index contributed by atoms with van der Waals surface area (Å²) in [7, 11) is 0. The fourth-order valence-electron chi connectivity index (χ4n) is 1.34. The van der Waals surface area contributed by atoms with E-state index in [0.717, 1.165) is 17.1 Å². The van der Waals surface area contributed by atoms with Gasteiger partial charge in [-0.1, -0.05) is 23.7 Å². The van der Waals surface area contributed by atoms with Gasteiger partial charge in [-0.25, -0.2) is 4.98 Å². The van der Waals surface area contributed by atoms with Crippen LogP contribution in [0.3, 0.4) is 0 Å². The first-order chi connectivity index (χ1) is 8.29. The van der Waals surface area contributed by atoms with Crippen LogP contribution in [0.2, 0.25) is 5.02 Å². The largest absolute Gasteiger partial charge is 0.492 e. The predicted molar refractivity (Wildman–Crippen MR) is 72.3 cm³/mol. The molecule has 1 heterocycles. The van der Waals surface area contributed by atoms with Gasteiger partial charge in [0.25, 0.3) is 0 Å². The second-order valence-corrected chi connectivity index (χ2v) is 5.01. The highest BCUT2D eigenvalue weighted by molar-refractivity contribution is 7.09. The molecular formula is C12H11Cl2NOS. The van der Waals surface area contributed by atoms with Crippen molar-refractivity contribution in [3.63, 3.8) is 0 Å². The number of benzene rings is 1. The second kappa shape index (κ2) is 6.24. The van der Waals surface area contributed by atoms with Crippen LogP contribution < -0.4 is 4.74 Å². The lowest BCUT2D eigenvalue weighted by molar-refractivity contribution is 0.322. The van der Waals surface area contributed by atoms with Crippen LogP contribution in [0.4, 0.5) is 0 Å². The normalized spacial score (nSPS) is 10.5. The maximum absolute atomic E-state index is 5.98. The average Bonchev–Trinajstić information content (AvgIpc) is 2.80. The smallest absolute Gasteiger partial charge is 0.137 e. The zero-order valence-corrected chi connectivity index (χ0v) is 11.4. The molecule has 0 aliphatic carbocycles. The van der Waals surface area contributed by atoms with E-state index in [-0.39, 0.29) is 0 Å². The first-order valence-corrected chi connectivity index (χ1v) is 6.95. The minimum atomic E-state index is 0.460. The number of nitrogens with zero attached hydrogens (tertiary/aromatic N) is 1. The lowest BCUT2D eigenvalue weighted by atomic mass is 10.3. The van der Waals surface area contributed by atoms with E-state index in [1.165, 1.54) is 0 Å². The van der Waals surface area contributed by atoms with Crippen LogP contribution in [0.1, 0.15) is 10.7 Å². The highest BCUT2D eigenvalue weighted by atomic mass is 35.5. The third kappa shape index (κ3) is 3.60. The lowest BCUT2D eigenvalue weighted by Gasteiger charge is -2.06. The standard InChI is InChI=1S/C12H11Cl2NOS/c13-7-9-8-17-12(15-9)5-6-16-11-4-2-1-3-10(11)14/h1-4,8H,5-7H2. The maximum Gasteiger partial charge on any atom is 0.137 e. The minimum Gasteiger partial charge on any atom is -0.492 e. The Morgan fingerprint density at radius 3 is 2.82 bits per heavy atom. The highest BCUT2D eigenvalue weighted by Gasteiger charge is 2.03. The molecule has 2 nitrogen and oxygen atoms in total. The summed E-state index contributed by atoms with van der Waals surface area (Å²) >= 11 is 13.3. The van der Waals surface area contributed by atoms with Crippen LogP contribution >= 0.6 is 34.5 Å². The van der Waals surface area contributed by atoms with Crippen molar-refractivity contribution in [2.24, 2.45) is 0 Å². The molecule has 0 fully saturated rings. The molecule has 5 heteroatoms. The number of hydrogen-bond donors (Lipinski definition) is 0. The van der Waals surface area contributed by atoms with Crippen molar-refractivity contribution in [1.29, 1.82) is 0 Å². The van der Waals surface area contributed by atoms with Gasteiger partial charge in [-0.2, -0.15) is 0 Å². The van der Waals surface area contributed by atoms with E-state index in [1.807, 2.05) is 29.6 Å². The predicted octanol–water partition coefficient (Wildman–Crippen LogP) is 4.16. The lowest BCUT2D eigenvalue weighted by Crippen LogP contribution is -2.01. The van der Waals surface area contributed by atoms with Crippen molar-refractivity contribution in [3.05, 3.63) is 45.4 Å². The Bertz CT molecular complexity index is 487. The van der Waals surface area contributed by atoms with Crippen LogP contribution in [0.25, 0.3) is 0 Å². The van der Waals surface area contributed by atoms with E-state index in [4.69, 9.17) is 27.9 Å². The van der Waals surface area contributed by atoms with Gasteiger partial charge < -0.3 is 4.74 Å². The monoisotopic (exact) mass is 287 g/mol. The second-order valence-electron chi connectivity index (χ2n) is 3.40. The summed E-state index contributed by atoms with van der Waals surface area (Å²) in [5.41, 5.74) is 0.921. The SMILES string of the molecule is ClCc1csc(CCOc2ccccc2Cl)n1. The molecule has 17 heavy (non-hydrogen) atoms. The Hall–Kier alpha value is -0.770. The fraction of sp³-hybridized carbons (Fsp3) is 0.250. The van der Waals surface area contributed by atoms with Crippen LogP contribution in [0.15, 0.2) is 29.6 Å². The molecule has 0 saturated heterocycles. The Morgan fingerprint density at radius 2 is 2.12 bits per heavy atom. The zero-order valence-electron chi connectivity index (χ0n) is 9.03. The number of para-hydroxylation sites is 1. The van der Waals surface area contributed by atoms with E-state index in [0.29, 0.717) is 23.3 Å². The van der Waals surface area contributed by atoms with E-state index < -0.39 is 0 Å². The van der Waals surface area contributed by atoms with Crippen LogP contribution in [0.5, 0.6) is 5.75 Å². The number of ether oxygens (including phenoxy) is 1. The van der Waals surface area contributed by atoms with Gasteiger partial charge in [-0.05, 0) is 12.1 Å². The molecule has 0 aliphatic rings. The molecule has 0 bridgehead atoms. The Labute approximate surface area is 114 Å². The molecule has 2 aromatic rings. The van der Waals surface area contributed by atoms with Gasteiger partial charge in [0.05, 0.1) is 28.2 Å². The summed E-state index contributed by atoms with van der Waals surface area (Å²) in [5.74, 6) is 1.17.